The standard InChI is InChI=1S/C25H23FN4O3S/c26-16-6-8-17(9-7-16)29-23(31)25(11-12-25)24(32)30-18-4-1-2-5-19(18)33-20-10-14-28-22-21(20)34-15-3-13-27-22/h1-2,4-10,14H,3,11-13,15H2,(H,27,28)(H,29,31)(H,30,32). The number of para-hydroxylation sites is 2. The quantitative estimate of drug-likeness (QED) is 0.418. The molecule has 9 heteroatoms. The Kier molecular flexibility index (Phi) is 6.10. The summed E-state index contributed by atoms with van der Waals surface area (Å²) in [5, 5.41) is 8.91. The third-order valence-electron chi connectivity index (χ3n) is 5.80. The molecule has 5 rings (SSSR count). The van der Waals surface area contributed by atoms with Gasteiger partial charge in [0.15, 0.2) is 5.75 Å². The summed E-state index contributed by atoms with van der Waals surface area (Å²) in [6.45, 7) is 0.852. The van der Waals surface area contributed by atoms with Gasteiger partial charge in [-0.2, -0.15) is 0 Å². The Hall–Kier alpha value is -3.59. The van der Waals surface area contributed by atoms with Gasteiger partial charge in [0, 0.05) is 24.5 Å². The van der Waals surface area contributed by atoms with E-state index in [4.69, 9.17) is 4.74 Å². The number of fused-ring (bicyclic) bond motifs is 1. The maximum absolute atomic E-state index is 13.2. The minimum Gasteiger partial charge on any atom is -0.454 e. The Balaban J connectivity index is 1.33. The lowest BCUT2D eigenvalue weighted by Gasteiger charge is -2.18. The molecule has 3 N–H and O–H groups in total. The Labute approximate surface area is 200 Å². The molecular weight excluding hydrogens is 455 g/mol. The molecule has 1 saturated carbocycles. The van der Waals surface area contributed by atoms with Crippen LogP contribution in [0.3, 0.4) is 0 Å². The van der Waals surface area contributed by atoms with E-state index in [9.17, 15) is 14.0 Å². The number of amides is 2. The smallest absolute Gasteiger partial charge is 0.240 e. The number of nitrogens with one attached hydrogen (secondary N) is 3. The highest BCUT2D eigenvalue weighted by molar-refractivity contribution is 7.99. The van der Waals surface area contributed by atoms with Crippen LogP contribution in [-0.4, -0.2) is 29.1 Å². The van der Waals surface area contributed by atoms with Gasteiger partial charge in [-0.15, -0.1) is 11.8 Å². The highest BCUT2D eigenvalue weighted by Gasteiger charge is 2.56. The van der Waals surface area contributed by atoms with Crippen molar-refractivity contribution in [1.29, 1.82) is 0 Å². The van der Waals surface area contributed by atoms with Crippen molar-refractivity contribution < 1.29 is 18.7 Å². The molecule has 0 radical (unpaired) electrons. The van der Waals surface area contributed by atoms with Crippen molar-refractivity contribution in [3.63, 3.8) is 0 Å². The molecule has 0 spiro atoms. The number of ether oxygens (including phenoxy) is 1. The van der Waals surface area contributed by atoms with E-state index < -0.39 is 23.0 Å². The fourth-order valence-electron chi connectivity index (χ4n) is 3.71. The zero-order valence-corrected chi connectivity index (χ0v) is 19.1. The highest BCUT2D eigenvalue weighted by Crippen LogP contribution is 2.48. The molecule has 0 atom stereocenters. The van der Waals surface area contributed by atoms with E-state index in [1.54, 1.807) is 42.2 Å². The number of aromatic nitrogens is 1. The van der Waals surface area contributed by atoms with Crippen LogP contribution in [0, 0.1) is 11.2 Å². The van der Waals surface area contributed by atoms with Crippen molar-refractivity contribution in [1.82, 2.24) is 4.98 Å². The van der Waals surface area contributed by atoms with Crippen molar-refractivity contribution in [3.8, 4) is 11.5 Å². The third kappa shape index (κ3) is 4.56. The molecule has 0 saturated heterocycles. The Morgan fingerprint density at radius 3 is 2.56 bits per heavy atom. The summed E-state index contributed by atoms with van der Waals surface area (Å²) in [5.74, 6) is 1.67. The number of benzene rings is 2. The fourth-order valence-corrected chi connectivity index (χ4v) is 4.72. The summed E-state index contributed by atoms with van der Waals surface area (Å²) >= 11 is 1.68. The van der Waals surface area contributed by atoms with Gasteiger partial charge in [0.2, 0.25) is 11.8 Å². The molecule has 0 unspecified atom stereocenters. The van der Waals surface area contributed by atoms with Crippen molar-refractivity contribution in [2.45, 2.75) is 24.2 Å². The van der Waals surface area contributed by atoms with Crippen molar-refractivity contribution in [3.05, 3.63) is 66.6 Å². The fraction of sp³-hybridized carbons (Fsp3) is 0.240. The normalized spacial score (nSPS) is 15.8. The molecule has 1 aliphatic heterocycles. The Morgan fingerprint density at radius 2 is 1.76 bits per heavy atom. The lowest BCUT2D eigenvalue weighted by Crippen LogP contribution is -2.35. The van der Waals surface area contributed by atoms with Crippen LogP contribution in [-0.2, 0) is 9.59 Å². The minimum atomic E-state index is -1.16. The molecule has 2 amide bonds. The van der Waals surface area contributed by atoms with Crippen LogP contribution in [0.2, 0.25) is 0 Å². The maximum Gasteiger partial charge on any atom is 0.240 e. The highest BCUT2D eigenvalue weighted by atomic mass is 32.2. The van der Waals surface area contributed by atoms with Crippen LogP contribution < -0.4 is 20.7 Å². The molecule has 2 aromatic carbocycles. The van der Waals surface area contributed by atoms with Gasteiger partial charge in [-0.3, -0.25) is 9.59 Å². The van der Waals surface area contributed by atoms with E-state index in [-0.39, 0.29) is 0 Å². The van der Waals surface area contributed by atoms with Crippen LogP contribution >= 0.6 is 11.8 Å². The average molecular weight is 479 g/mol. The van der Waals surface area contributed by atoms with Crippen molar-refractivity contribution in [2.24, 2.45) is 5.41 Å². The van der Waals surface area contributed by atoms with Gasteiger partial charge in [0.25, 0.3) is 0 Å². The molecule has 2 aliphatic rings. The molecule has 1 aromatic heterocycles. The number of carbonyl (C=O) groups is 2. The van der Waals surface area contributed by atoms with Crippen LogP contribution in [0.4, 0.5) is 21.6 Å². The molecule has 2 heterocycles. The van der Waals surface area contributed by atoms with E-state index in [0.717, 1.165) is 29.4 Å². The van der Waals surface area contributed by atoms with Crippen LogP contribution in [0.15, 0.2) is 65.7 Å². The summed E-state index contributed by atoms with van der Waals surface area (Å²) in [4.78, 5) is 31.4. The van der Waals surface area contributed by atoms with Crippen molar-refractivity contribution >= 4 is 40.8 Å². The van der Waals surface area contributed by atoms with E-state index in [0.29, 0.717) is 35.7 Å². The number of hydrogen-bond acceptors (Lipinski definition) is 6. The van der Waals surface area contributed by atoms with Gasteiger partial charge in [0.05, 0.1) is 10.6 Å². The molecule has 7 nitrogen and oxygen atoms in total. The molecule has 1 aliphatic carbocycles. The predicted molar refractivity (Wildman–Crippen MR) is 130 cm³/mol. The zero-order valence-electron chi connectivity index (χ0n) is 18.3. The summed E-state index contributed by atoms with van der Waals surface area (Å²) in [6, 6.07) is 14.4. The number of thioether (sulfide) groups is 1. The Morgan fingerprint density at radius 1 is 1.00 bits per heavy atom. The van der Waals surface area contributed by atoms with Crippen LogP contribution in [0.25, 0.3) is 0 Å². The van der Waals surface area contributed by atoms with Crippen molar-refractivity contribution in [2.75, 3.05) is 28.2 Å². The topological polar surface area (TPSA) is 92.4 Å². The van der Waals surface area contributed by atoms with Gasteiger partial charge in [-0.05, 0) is 61.4 Å². The summed E-state index contributed by atoms with van der Waals surface area (Å²) in [7, 11) is 0. The maximum atomic E-state index is 13.2. The number of pyridine rings is 1. The molecule has 174 valence electrons. The van der Waals surface area contributed by atoms with E-state index in [1.807, 2.05) is 6.07 Å². The first kappa shape index (κ1) is 22.2. The number of hydrogen-bond donors (Lipinski definition) is 3. The largest absolute Gasteiger partial charge is 0.454 e. The first-order valence-electron chi connectivity index (χ1n) is 11.1. The summed E-state index contributed by atoms with van der Waals surface area (Å²) in [5.41, 5.74) is -0.237. The number of halogens is 1. The van der Waals surface area contributed by atoms with Crippen LogP contribution in [0.5, 0.6) is 11.5 Å². The molecule has 34 heavy (non-hydrogen) atoms. The van der Waals surface area contributed by atoms with Crippen LogP contribution in [0.1, 0.15) is 19.3 Å². The molecule has 3 aromatic rings. The lowest BCUT2D eigenvalue weighted by molar-refractivity contribution is -0.131. The van der Waals surface area contributed by atoms with E-state index in [2.05, 4.69) is 20.9 Å². The SMILES string of the molecule is O=C(Nc1ccc(F)cc1)C1(C(=O)Nc2ccccc2Oc2ccnc3c2SCCCN3)CC1. The number of nitrogens with zero attached hydrogens (tertiary/aromatic N) is 1. The first-order chi connectivity index (χ1) is 16.5. The number of carbonyl (C=O) groups excluding carboxylic acids is 2. The molecular formula is C25H23FN4O3S. The van der Waals surface area contributed by atoms with Gasteiger partial charge in [-0.1, -0.05) is 12.1 Å². The number of anilines is 3. The molecule has 1 fully saturated rings. The van der Waals surface area contributed by atoms with E-state index >= 15 is 0 Å². The summed E-state index contributed by atoms with van der Waals surface area (Å²) < 4.78 is 19.4. The second-order valence-corrected chi connectivity index (χ2v) is 9.32. The summed E-state index contributed by atoms with van der Waals surface area (Å²) in [6.07, 6.45) is 3.59. The van der Waals surface area contributed by atoms with Gasteiger partial charge >= 0.3 is 0 Å². The predicted octanol–water partition coefficient (Wildman–Crippen LogP) is 5.28. The molecule has 0 bridgehead atoms. The van der Waals surface area contributed by atoms with Gasteiger partial charge in [0.1, 0.15) is 22.8 Å². The second-order valence-electron chi connectivity index (χ2n) is 8.21. The van der Waals surface area contributed by atoms with Gasteiger partial charge < -0.3 is 20.7 Å². The van der Waals surface area contributed by atoms with E-state index in [1.165, 1.54) is 24.3 Å². The average Bonchev–Trinajstić information content (AvgIpc) is 3.67. The zero-order chi connectivity index (χ0) is 23.5. The monoisotopic (exact) mass is 478 g/mol. The third-order valence-corrected chi connectivity index (χ3v) is 6.98. The lowest BCUT2D eigenvalue weighted by atomic mass is 10.0. The minimum absolute atomic E-state index is 0.395. The van der Waals surface area contributed by atoms with Gasteiger partial charge in [-0.25, -0.2) is 9.37 Å². The second kappa shape index (κ2) is 9.34. The number of rotatable bonds is 6. The first-order valence-corrected chi connectivity index (χ1v) is 12.0. The Bertz CT molecular complexity index is 1230.